The van der Waals surface area contributed by atoms with E-state index in [2.05, 4.69) is 4.98 Å². The van der Waals surface area contributed by atoms with Crippen LogP contribution in [-0.2, 0) is 6.42 Å². The summed E-state index contributed by atoms with van der Waals surface area (Å²) in [4.78, 5) is 4.27. The van der Waals surface area contributed by atoms with Crippen molar-refractivity contribution in [3.05, 3.63) is 65.7 Å². The molecule has 0 fully saturated rings. The minimum absolute atomic E-state index is 0.0631. The quantitative estimate of drug-likeness (QED) is 0.876. The van der Waals surface area contributed by atoms with Crippen molar-refractivity contribution in [3.8, 4) is 0 Å². The monoisotopic (exact) mass is 230 g/mol. The number of benzene rings is 1. The van der Waals surface area contributed by atoms with E-state index in [0.29, 0.717) is 18.5 Å². The summed E-state index contributed by atoms with van der Waals surface area (Å²) in [7, 11) is 0. The minimum atomic E-state index is -0.179. The number of pyridine rings is 1. The Morgan fingerprint density at radius 3 is 2.53 bits per heavy atom. The van der Waals surface area contributed by atoms with Crippen LogP contribution in [0.4, 0.5) is 4.39 Å². The van der Waals surface area contributed by atoms with E-state index in [1.165, 1.54) is 6.07 Å². The van der Waals surface area contributed by atoms with Crippen molar-refractivity contribution in [2.75, 3.05) is 6.54 Å². The summed E-state index contributed by atoms with van der Waals surface area (Å²) >= 11 is 0. The van der Waals surface area contributed by atoms with Crippen molar-refractivity contribution in [2.45, 2.75) is 12.3 Å². The van der Waals surface area contributed by atoms with Crippen molar-refractivity contribution in [1.29, 1.82) is 0 Å². The third kappa shape index (κ3) is 2.88. The van der Waals surface area contributed by atoms with Crippen LogP contribution in [0.25, 0.3) is 0 Å². The standard InChI is InChI=1S/C14H15FN2/c15-13-6-2-1-5-11(13)9-12(10-16)14-7-3-4-8-17-14/h1-8,12H,9-10,16H2. The summed E-state index contributed by atoms with van der Waals surface area (Å²) < 4.78 is 13.5. The fourth-order valence-electron chi connectivity index (χ4n) is 1.86. The SMILES string of the molecule is NCC(Cc1ccccc1F)c1ccccn1. The Morgan fingerprint density at radius 1 is 1.12 bits per heavy atom. The molecule has 1 heterocycles. The first kappa shape index (κ1) is 11.7. The average molecular weight is 230 g/mol. The topological polar surface area (TPSA) is 38.9 Å². The van der Waals surface area contributed by atoms with Crippen LogP contribution in [0.2, 0.25) is 0 Å². The zero-order valence-corrected chi connectivity index (χ0v) is 9.51. The van der Waals surface area contributed by atoms with Gasteiger partial charge in [-0.05, 0) is 30.2 Å². The van der Waals surface area contributed by atoms with Crippen molar-refractivity contribution in [2.24, 2.45) is 5.73 Å². The van der Waals surface area contributed by atoms with Gasteiger partial charge in [0, 0.05) is 24.4 Å². The van der Waals surface area contributed by atoms with Gasteiger partial charge < -0.3 is 5.73 Å². The number of nitrogens with two attached hydrogens (primary N) is 1. The molecule has 2 N–H and O–H groups in total. The van der Waals surface area contributed by atoms with Gasteiger partial charge in [-0.15, -0.1) is 0 Å². The molecule has 0 radical (unpaired) electrons. The average Bonchev–Trinajstić information content (AvgIpc) is 2.39. The Kier molecular flexibility index (Phi) is 3.83. The lowest BCUT2D eigenvalue weighted by Gasteiger charge is -2.14. The van der Waals surface area contributed by atoms with Crippen LogP contribution >= 0.6 is 0 Å². The first-order valence-electron chi connectivity index (χ1n) is 5.65. The maximum Gasteiger partial charge on any atom is 0.126 e. The van der Waals surface area contributed by atoms with Crippen LogP contribution < -0.4 is 5.73 Å². The number of aromatic nitrogens is 1. The summed E-state index contributed by atoms with van der Waals surface area (Å²) in [5.74, 6) is -0.116. The van der Waals surface area contributed by atoms with Gasteiger partial charge in [0.2, 0.25) is 0 Å². The Bertz CT molecular complexity index is 471. The van der Waals surface area contributed by atoms with Gasteiger partial charge in [0.1, 0.15) is 5.82 Å². The number of hydrogen-bond acceptors (Lipinski definition) is 2. The van der Waals surface area contributed by atoms with Gasteiger partial charge in [-0.25, -0.2) is 4.39 Å². The van der Waals surface area contributed by atoms with E-state index in [4.69, 9.17) is 5.73 Å². The highest BCUT2D eigenvalue weighted by Gasteiger charge is 2.13. The summed E-state index contributed by atoms with van der Waals surface area (Å²) in [5.41, 5.74) is 7.34. The van der Waals surface area contributed by atoms with Crippen LogP contribution in [0.3, 0.4) is 0 Å². The molecule has 1 atom stereocenters. The van der Waals surface area contributed by atoms with Gasteiger partial charge in [-0.2, -0.15) is 0 Å². The predicted molar refractivity (Wildman–Crippen MR) is 66.1 cm³/mol. The molecule has 3 heteroatoms. The smallest absolute Gasteiger partial charge is 0.126 e. The molecule has 0 amide bonds. The third-order valence-electron chi connectivity index (χ3n) is 2.81. The van der Waals surface area contributed by atoms with Gasteiger partial charge in [-0.3, -0.25) is 4.98 Å². The molecule has 17 heavy (non-hydrogen) atoms. The Hall–Kier alpha value is -1.74. The molecule has 0 aliphatic heterocycles. The molecule has 0 aliphatic rings. The molecule has 2 nitrogen and oxygen atoms in total. The molecule has 0 aliphatic carbocycles. The van der Waals surface area contributed by atoms with Gasteiger partial charge in [0.25, 0.3) is 0 Å². The van der Waals surface area contributed by atoms with Crippen molar-refractivity contribution >= 4 is 0 Å². The van der Waals surface area contributed by atoms with E-state index in [1.807, 2.05) is 24.3 Å². The third-order valence-corrected chi connectivity index (χ3v) is 2.81. The number of nitrogens with zero attached hydrogens (tertiary/aromatic N) is 1. The largest absolute Gasteiger partial charge is 0.330 e. The fraction of sp³-hybridized carbons (Fsp3) is 0.214. The maximum atomic E-state index is 13.5. The van der Waals surface area contributed by atoms with Crippen molar-refractivity contribution < 1.29 is 4.39 Å². The fourth-order valence-corrected chi connectivity index (χ4v) is 1.86. The lowest BCUT2D eigenvalue weighted by atomic mass is 9.95. The lowest BCUT2D eigenvalue weighted by Crippen LogP contribution is -2.16. The Morgan fingerprint density at radius 2 is 1.88 bits per heavy atom. The van der Waals surface area contributed by atoms with Crippen LogP contribution in [0, 0.1) is 5.82 Å². The zero-order chi connectivity index (χ0) is 12.1. The van der Waals surface area contributed by atoms with E-state index in [-0.39, 0.29) is 11.7 Å². The molecule has 2 rings (SSSR count). The second kappa shape index (κ2) is 5.55. The van der Waals surface area contributed by atoms with Gasteiger partial charge in [0.15, 0.2) is 0 Å². The van der Waals surface area contributed by atoms with Crippen LogP contribution in [0.1, 0.15) is 17.2 Å². The molecule has 0 saturated carbocycles. The van der Waals surface area contributed by atoms with E-state index in [0.717, 1.165) is 5.69 Å². The molecule has 1 unspecified atom stereocenters. The lowest BCUT2D eigenvalue weighted by molar-refractivity contribution is 0.586. The maximum absolute atomic E-state index is 13.5. The van der Waals surface area contributed by atoms with Crippen LogP contribution in [0.15, 0.2) is 48.7 Å². The minimum Gasteiger partial charge on any atom is -0.330 e. The highest BCUT2D eigenvalue weighted by atomic mass is 19.1. The number of hydrogen-bond donors (Lipinski definition) is 1. The van der Waals surface area contributed by atoms with Gasteiger partial charge in [-0.1, -0.05) is 24.3 Å². The molecule has 0 saturated heterocycles. The molecule has 1 aromatic carbocycles. The van der Waals surface area contributed by atoms with Gasteiger partial charge >= 0.3 is 0 Å². The Balaban J connectivity index is 2.19. The molecule has 0 spiro atoms. The Labute approximate surface area is 100 Å². The molecule has 0 bridgehead atoms. The van der Waals surface area contributed by atoms with E-state index in [1.54, 1.807) is 18.3 Å². The van der Waals surface area contributed by atoms with Crippen molar-refractivity contribution in [1.82, 2.24) is 4.98 Å². The zero-order valence-electron chi connectivity index (χ0n) is 9.51. The summed E-state index contributed by atoms with van der Waals surface area (Å²) in [6, 6.07) is 12.5. The van der Waals surface area contributed by atoms with E-state index in [9.17, 15) is 4.39 Å². The summed E-state index contributed by atoms with van der Waals surface area (Å²) in [6.07, 6.45) is 2.32. The first-order chi connectivity index (χ1) is 8.31. The number of rotatable bonds is 4. The highest BCUT2D eigenvalue weighted by molar-refractivity contribution is 5.21. The second-order valence-corrected chi connectivity index (χ2v) is 3.98. The molecular weight excluding hydrogens is 215 g/mol. The van der Waals surface area contributed by atoms with Crippen molar-refractivity contribution in [3.63, 3.8) is 0 Å². The van der Waals surface area contributed by atoms with E-state index >= 15 is 0 Å². The van der Waals surface area contributed by atoms with Gasteiger partial charge in [0.05, 0.1) is 0 Å². The van der Waals surface area contributed by atoms with Crippen LogP contribution in [-0.4, -0.2) is 11.5 Å². The molecule has 1 aromatic heterocycles. The highest BCUT2D eigenvalue weighted by Crippen LogP contribution is 2.19. The summed E-state index contributed by atoms with van der Waals surface area (Å²) in [5, 5.41) is 0. The first-order valence-corrected chi connectivity index (χ1v) is 5.65. The van der Waals surface area contributed by atoms with E-state index < -0.39 is 0 Å². The second-order valence-electron chi connectivity index (χ2n) is 3.98. The summed E-state index contributed by atoms with van der Waals surface area (Å²) in [6.45, 7) is 0.464. The predicted octanol–water partition coefficient (Wildman–Crippen LogP) is 2.51. The molecule has 88 valence electrons. The molecule has 2 aromatic rings. The normalized spacial score (nSPS) is 12.4. The van der Waals surface area contributed by atoms with Crippen LogP contribution in [0.5, 0.6) is 0 Å². The number of halogens is 1. The molecular formula is C14H15FN2.